The van der Waals surface area contributed by atoms with Gasteiger partial charge in [-0.05, 0) is 77.0 Å². The van der Waals surface area contributed by atoms with E-state index in [-0.39, 0.29) is 18.5 Å². The molecule has 0 spiro atoms. The Bertz CT molecular complexity index is 645. The predicted octanol–water partition coefficient (Wildman–Crippen LogP) is 10.0. The van der Waals surface area contributed by atoms with Gasteiger partial charge in [-0.15, -0.1) is 0 Å². The van der Waals surface area contributed by atoms with Crippen molar-refractivity contribution in [2.45, 2.75) is 148 Å². The third-order valence-corrected chi connectivity index (χ3v) is 6.32. The lowest BCUT2D eigenvalue weighted by atomic mass is 10.0. The van der Waals surface area contributed by atoms with E-state index in [2.05, 4.69) is 62.5 Å². The van der Waals surface area contributed by atoms with Gasteiger partial charge in [0.2, 0.25) is 0 Å². The minimum atomic E-state index is -0.756. The molecule has 0 aliphatic rings. The molecule has 4 nitrogen and oxygen atoms in total. The molecular weight excluding hydrogens is 460 g/mol. The maximum Gasteiger partial charge on any atom is 0.306 e. The second-order valence-corrected chi connectivity index (χ2v) is 9.91. The smallest absolute Gasteiger partial charge is 0.306 e. The third-order valence-electron chi connectivity index (χ3n) is 6.32. The van der Waals surface area contributed by atoms with Gasteiger partial charge in [0, 0.05) is 12.8 Å². The van der Waals surface area contributed by atoms with Gasteiger partial charge in [-0.2, -0.15) is 0 Å². The van der Waals surface area contributed by atoms with Gasteiger partial charge in [-0.1, -0.05) is 101 Å². The SMILES string of the molecule is CC/C=C\C/C=C\C/C=C\C/C=C\CCCCC(=O)OC(CCCCCCCCC)CCCCC(=O)O. The van der Waals surface area contributed by atoms with Crippen molar-refractivity contribution in [1.82, 2.24) is 0 Å². The highest BCUT2D eigenvalue weighted by molar-refractivity contribution is 5.69. The molecule has 212 valence electrons. The summed E-state index contributed by atoms with van der Waals surface area (Å²) in [5, 5.41) is 8.85. The van der Waals surface area contributed by atoms with Crippen molar-refractivity contribution in [2.24, 2.45) is 0 Å². The fourth-order valence-corrected chi connectivity index (χ4v) is 4.11. The number of hydrogen-bond donors (Lipinski definition) is 1. The molecule has 0 aliphatic carbocycles. The minimum absolute atomic E-state index is 0.0636. The van der Waals surface area contributed by atoms with E-state index in [0.29, 0.717) is 12.8 Å². The van der Waals surface area contributed by atoms with Gasteiger partial charge in [0.05, 0.1) is 0 Å². The fourth-order valence-electron chi connectivity index (χ4n) is 4.11. The van der Waals surface area contributed by atoms with Gasteiger partial charge < -0.3 is 9.84 Å². The van der Waals surface area contributed by atoms with Crippen LogP contribution in [0.15, 0.2) is 48.6 Å². The number of carbonyl (C=O) groups is 2. The normalized spacial score (nSPS) is 12.9. The number of unbranched alkanes of at least 4 members (excludes halogenated alkanes) is 9. The number of aliphatic carboxylic acids is 1. The van der Waals surface area contributed by atoms with E-state index < -0.39 is 5.97 Å². The lowest BCUT2D eigenvalue weighted by Gasteiger charge is -2.18. The van der Waals surface area contributed by atoms with Crippen LogP contribution < -0.4 is 0 Å². The summed E-state index contributed by atoms with van der Waals surface area (Å²) < 4.78 is 5.80. The van der Waals surface area contributed by atoms with E-state index >= 15 is 0 Å². The number of carbonyl (C=O) groups excluding carboxylic acids is 1. The van der Waals surface area contributed by atoms with Crippen molar-refractivity contribution in [3.63, 3.8) is 0 Å². The van der Waals surface area contributed by atoms with Gasteiger partial charge >= 0.3 is 11.9 Å². The zero-order chi connectivity index (χ0) is 27.2. The Morgan fingerprint density at radius 1 is 0.622 bits per heavy atom. The van der Waals surface area contributed by atoms with Crippen LogP contribution in [0.25, 0.3) is 0 Å². The van der Waals surface area contributed by atoms with Crippen LogP contribution in [0.5, 0.6) is 0 Å². The Morgan fingerprint density at radius 2 is 1.14 bits per heavy atom. The Kier molecular flexibility index (Phi) is 26.9. The number of rotatable bonds is 26. The Balaban J connectivity index is 4.02. The molecular formula is C33H56O4. The molecule has 0 heterocycles. The van der Waals surface area contributed by atoms with E-state index in [9.17, 15) is 9.59 Å². The first kappa shape index (κ1) is 34.9. The maximum atomic E-state index is 12.4. The zero-order valence-electron chi connectivity index (χ0n) is 24.0. The Morgan fingerprint density at radius 3 is 1.73 bits per heavy atom. The first-order valence-corrected chi connectivity index (χ1v) is 15.1. The van der Waals surface area contributed by atoms with Gasteiger partial charge in [-0.3, -0.25) is 9.59 Å². The van der Waals surface area contributed by atoms with Crippen LogP contribution in [0.2, 0.25) is 0 Å². The Hall–Kier alpha value is -2.10. The average Bonchev–Trinajstić information content (AvgIpc) is 2.88. The molecule has 1 N–H and O–H groups in total. The van der Waals surface area contributed by atoms with Crippen molar-refractivity contribution >= 4 is 11.9 Å². The number of carboxylic acid groups (broad SMARTS) is 1. The van der Waals surface area contributed by atoms with Crippen molar-refractivity contribution in [1.29, 1.82) is 0 Å². The molecule has 4 heteroatoms. The first-order chi connectivity index (χ1) is 18.1. The molecule has 0 radical (unpaired) electrons. The highest BCUT2D eigenvalue weighted by Crippen LogP contribution is 2.17. The van der Waals surface area contributed by atoms with Crippen molar-refractivity contribution < 1.29 is 19.4 Å². The van der Waals surface area contributed by atoms with Crippen LogP contribution in [-0.2, 0) is 14.3 Å². The Labute approximate surface area is 228 Å². The van der Waals surface area contributed by atoms with Crippen molar-refractivity contribution in [2.75, 3.05) is 0 Å². The largest absolute Gasteiger partial charge is 0.481 e. The van der Waals surface area contributed by atoms with Crippen LogP contribution in [-0.4, -0.2) is 23.1 Å². The summed E-state index contributed by atoms with van der Waals surface area (Å²) in [5.74, 6) is -0.856. The topological polar surface area (TPSA) is 63.6 Å². The molecule has 1 atom stereocenters. The van der Waals surface area contributed by atoms with Crippen molar-refractivity contribution in [3.05, 3.63) is 48.6 Å². The van der Waals surface area contributed by atoms with Crippen LogP contribution in [0.1, 0.15) is 142 Å². The molecule has 0 aliphatic heterocycles. The summed E-state index contributed by atoms with van der Waals surface area (Å²) in [6.45, 7) is 4.38. The van der Waals surface area contributed by atoms with E-state index in [1.165, 1.54) is 38.5 Å². The molecule has 1 unspecified atom stereocenters. The van der Waals surface area contributed by atoms with Crippen molar-refractivity contribution in [3.8, 4) is 0 Å². The number of allylic oxidation sites excluding steroid dienone is 8. The lowest BCUT2D eigenvalue weighted by molar-refractivity contribution is -0.150. The summed E-state index contributed by atoms with van der Waals surface area (Å²) in [6.07, 6.45) is 36.8. The monoisotopic (exact) mass is 516 g/mol. The van der Waals surface area contributed by atoms with Gasteiger partial charge in [0.15, 0.2) is 0 Å². The fraction of sp³-hybridized carbons (Fsp3) is 0.697. The summed E-state index contributed by atoms with van der Waals surface area (Å²) in [4.78, 5) is 23.1. The summed E-state index contributed by atoms with van der Waals surface area (Å²) >= 11 is 0. The van der Waals surface area contributed by atoms with Gasteiger partial charge in [0.1, 0.15) is 6.10 Å². The highest BCUT2D eigenvalue weighted by Gasteiger charge is 2.14. The zero-order valence-corrected chi connectivity index (χ0v) is 24.0. The molecule has 0 amide bonds. The molecule has 0 fully saturated rings. The molecule has 0 aromatic rings. The van der Waals surface area contributed by atoms with Crippen LogP contribution >= 0.6 is 0 Å². The molecule has 0 saturated carbocycles. The number of carboxylic acids is 1. The van der Waals surface area contributed by atoms with Crippen LogP contribution in [0.3, 0.4) is 0 Å². The summed E-state index contributed by atoms with van der Waals surface area (Å²) in [5.41, 5.74) is 0. The van der Waals surface area contributed by atoms with E-state index in [1.807, 2.05) is 0 Å². The van der Waals surface area contributed by atoms with Gasteiger partial charge in [-0.25, -0.2) is 0 Å². The molecule has 0 saturated heterocycles. The summed E-state index contributed by atoms with van der Waals surface area (Å²) in [6, 6.07) is 0. The quantitative estimate of drug-likeness (QED) is 0.0705. The second-order valence-electron chi connectivity index (χ2n) is 9.91. The molecule has 0 aromatic heterocycles. The van der Waals surface area contributed by atoms with Crippen LogP contribution in [0, 0.1) is 0 Å². The van der Waals surface area contributed by atoms with E-state index in [4.69, 9.17) is 9.84 Å². The molecule has 0 rings (SSSR count). The standard InChI is InChI=1S/C33H56O4/c1-3-5-7-9-11-12-13-14-15-16-17-18-20-22-24-30-33(36)37-31(28-25-26-29-32(34)35)27-23-21-19-10-8-6-4-2/h5,7,11-12,14-15,17-18,31H,3-4,6,8-10,13,16,19-30H2,1-2H3,(H,34,35)/b7-5-,12-11-,15-14-,18-17-. The number of esters is 1. The van der Waals surface area contributed by atoms with E-state index in [1.54, 1.807) is 0 Å². The average molecular weight is 517 g/mol. The summed E-state index contributed by atoms with van der Waals surface area (Å²) in [7, 11) is 0. The lowest BCUT2D eigenvalue weighted by Crippen LogP contribution is -2.18. The molecule has 37 heavy (non-hydrogen) atoms. The number of ether oxygens (including phenoxy) is 1. The van der Waals surface area contributed by atoms with E-state index in [0.717, 1.165) is 70.6 Å². The molecule has 0 bridgehead atoms. The minimum Gasteiger partial charge on any atom is -0.481 e. The van der Waals surface area contributed by atoms with Gasteiger partial charge in [0.25, 0.3) is 0 Å². The number of hydrogen-bond acceptors (Lipinski definition) is 3. The maximum absolute atomic E-state index is 12.4. The van der Waals surface area contributed by atoms with Crippen LogP contribution in [0.4, 0.5) is 0 Å². The third kappa shape index (κ3) is 28.3. The predicted molar refractivity (Wildman–Crippen MR) is 158 cm³/mol. The first-order valence-electron chi connectivity index (χ1n) is 15.1. The highest BCUT2D eigenvalue weighted by atomic mass is 16.5. The molecule has 0 aromatic carbocycles. The second kappa shape index (κ2) is 28.5.